The second-order valence-corrected chi connectivity index (χ2v) is 3.37. The van der Waals surface area contributed by atoms with E-state index in [0.717, 1.165) is 6.07 Å². The monoisotopic (exact) mass is 238 g/mol. The van der Waals surface area contributed by atoms with E-state index in [9.17, 15) is 9.18 Å². The van der Waals surface area contributed by atoms with Gasteiger partial charge in [-0.25, -0.2) is 9.37 Å². The van der Waals surface area contributed by atoms with E-state index in [1.807, 2.05) is 0 Å². The quantitative estimate of drug-likeness (QED) is 0.810. The highest BCUT2D eigenvalue weighted by Gasteiger charge is 2.09. The summed E-state index contributed by atoms with van der Waals surface area (Å²) in [4.78, 5) is 17.9. The van der Waals surface area contributed by atoms with Crippen LogP contribution in [-0.4, -0.2) is 30.3 Å². The molecule has 0 spiro atoms. The predicted molar refractivity (Wildman–Crippen MR) is 59.7 cm³/mol. The van der Waals surface area contributed by atoms with E-state index < -0.39 is 5.82 Å². The number of H-pyrrole nitrogens is 1. The molecule has 90 valence electrons. The van der Waals surface area contributed by atoms with E-state index >= 15 is 0 Å². The minimum atomic E-state index is -0.497. The van der Waals surface area contributed by atoms with Gasteiger partial charge in [0.25, 0.3) is 5.56 Å². The molecule has 0 radical (unpaired) electrons. The van der Waals surface area contributed by atoms with Crippen LogP contribution in [0.1, 0.15) is 0 Å². The van der Waals surface area contributed by atoms with Crippen LogP contribution in [0.4, 0.5) is 4.39 Å². The summed E-state index contributed by atoms with van der Waals surface area (Å²) in [6.07, 6.45) is 1.23. The average molecular weight is 238 g/mol. The molecule has 0 aliphatic heterocycles. The lowest BCUT2D eigenvalue weighted by atomic mass is 10.2. The Hall–Kier alpha value is -1.95. The highest BCUT2D eigenvalue weighted by molar-refractivity contribution is 5.84. The van der Waals surface area contributed by atoms with Gasteiger partial charge < -0.3 is 14.5 Å². The van der Waals surface area contributed by atoms with Gasteiger partial charge in [0.2, 0.25) is 0 Å². The summed E-state index contributed by atoms with van der Waals surface area (Å²) in [6, 6.07) is 2.35. The maximum Gasteiger partial charge on any atom is 0.262 e. The summed E-state index contributed by atoms with van der Waals surface area (Å²) >= 11 is 0. The van der Waals surface area contributed by atoms with Crippen LogP contribution in [0, 0.1) is 5.82 Å². The van der Waals surface area contributed by atoms with Crippen molar-refractivity contribution in [2.45, 2.75) is 0 Å². The molecule has 1 aromatic carbocycles. The SMILES string of the molecule is COCCOc1cc(F)cc2nc[nH]c(=O)c12. The van der Waals surface area contributed by atoms with Crippen LogP contribution >= 0.6 is 0 Å². The van der Waals surface area contributed by atoms with Crippen LogP contribution < -0.4 is 10.3 Å². The van der Waals surface area contributed by atoms with Crippen LogP contribution in [0.5, 0.6) is 5.75 Å². The molecule has 1 aromatic heterocycles. The number of hydrogen-bond acceptors (Lipinski definition) is 4. The molecule has 1 heterocycles. The number of hydrogen-bond donors (Lipinski definition) is 1. The Kier molecular flexibility index (Phi) is 3.34. The van der Waals surface area contributed by atoms with Crippen molar-refractivity contribution in [3.63, 3.8) is 0 Å². The summed E-state index contributed by atoms with van der Waals surface area (Å²) < 4.78 is 23.4. The summed E-state index contributed by atoms with van der Waals surface area (Å²) in [7, 11) is 1.53. The van der Waals surface area contributed by atoms with Gasteiger partial charge in [0.05, 0.1) is 18.5 Å². The smallest absolute Gasteiger partial charge is 0.262 e. The number of ether oxygens (including phenoxy) is 2. The van der Waals surface area contributed by atoms with E-state index in [1.54, 1.807) is 0 Å². The Bertz CT molecular complexity index is 582. The highest BCUT2D eigenvalue weighted by Crippen LogP contribution is 2.22. The van der Waals surface area contributed by atoms with Gasteiger partial charge in [-0.2, -0.15) is 0 Å². The van der Waals surface area contributed by atoms with Crippen molar-refractivity contribution in [1.29, 1.82) is 0 Å². The number of nitrogens with zero attached hydrogens (tertiary/aromatic N) is 1. The Morgan fingerprint density at radius 3 is 3.00 bits per heavy atom. The second-order valence-electron chi connectivity index (χ2n) is 3.37. The van der Waals surface area contributed by atoms with E-state index in [0.29, 0.717) is 6.61 Å². The molecule has 0 aliphatic carbocycles. The Labute approximate surface area is 96.2 Å². The fourth-order valence-electron chi connectivity index (χ4n) is 1.48. The van der Waals surface area contributed by atoms with Crippen LogP contribution in [0.25, 0.3) is 10.9 Å². The normalized spacial score (nSPS) is 10.7. The van der Waals surface area contributed by atoms with Crippen LogP contribution in [0.3, 0.4) is 0 Å². The summed E-state index contributed by atoms with van der Waals surface area (Å²) in [6.45, 7) is 0.597. The number of aromatic nitrogens is 2. The van der Waals surface area contributed by atoms with Crippen molar-refractivity contribution in [1.82, 2.24) is 9.97 Å². The van der Waals surface area contributed by atoms with E-state index in [4.69, 9.17) is 9.47 Å². The van der Waals surface area contributed by atoms with Gasteiger partial charge in [-0.05, 0) is 0 Å². The predicted octanol–water partition coefficient (Wildman–Crippen LogP) is 1.09. The molecular weight excluding hydrogens is 227 g/mol. The molecule has 0 unspecified atom stereocenters. The molecule has 17 heavy (non-hydrogen) atoms. The van der Waals surface area contributed by atoms with Crippen LogP contribution in [0.2, 0.25) is 0 Å². The average Bonchev–Trinajstić information content (AvgIpc) is 2.28. The van der Waals surface area contributed by atoms with E-state index in [1.165, 1.54) is 19.5 Å². The van der Waals surface area contributed by atoms with Gasteiger partial charge in [0, 0.05) is 19.2 Å². The summed E-state index contributed by atoms with van der Waals surface area (Å²) in [5.74, 6) is -0.325. The number of methoxy groups -OCH3 is 1. The van der Waals surface area contributed by atoms with E-state index in [2.05, 4.69) is 9.97 Å². The molecule has 2 aromatic rings. The Morgan fingerprint density at radius 1 is 1.41 bits per heavy atom. The zero-order valence-electron chi connectivity index (χ0n) is 9.20. The fraction of sp³-hybridized carbons (Fsp3) is 0.273. The molecule has 6 heteroatoms. The van der Waals surface area contributed by atoms with Gasteiger partial charge in [0.1, 0.15) is 23.6 Å². The number of benzene rings is 1. The molecule has 0 bridgehead atoms. The topological polar surface area (TPSA) is 64.2 Å². The number of fused-ring (bicyclic) bond motifs is 1. The number of aromatic amines is 1. The van der Waals surface area contributed by atoms with Gasteiger partial charge in [-0.1, -0.05) is 0 Å². The minimum Gasteiger partial charge on any atom is -0.490 e. The Balaban J connectivity index is 2.49. The first-order chi connectivity index (χ1) is 8.22. The third-order valence-corrected chi connectivity index (χ3v) is 2.22. The molecule has 0 atom stereocenters. The highest BCUT2D eigenvalue weighted by atomic mass is 19.1. The number of rotatable bonds is 4. The second kappa shape index (κ2) is 4.92. The fourth-order valence-corrected chi connectivity index (χ4v) is 1.48. The van der Waals surface area contributed by atoms with Crippen LogP contribution in [0.15, 0.2) is 23.3 Å². The maximum atomic E-state index is 13.3. The van der Waals surface area contributed by atoms with Crippen molar-refractivity contribution >= 4 is 10.9 Å². The molecule has 5 nitrogen and oxygen atoms in total. The molecule has 2 rings (SSSR count). The largest absolute Gasteiger partial charge is 0.490 e. The maximum absolute atomic E-state index is 13.3. The summed E-state index contributed by atoms with van der Waals surface area (Å²) in [5.41, 5.74) is -0.0939. The third-order valence-electron chi connectivity index (χ3n) is 2.22. The standard InChI is InChI=1S/C11H11FN2O3/c1-16-2-3-17-9-5-7(12)4-8-10(9)11(15)14-6-13-8/h4-6H,2-3H2,1H3,(H,13,14,15). The van der Waals surface area contributed by atoms with Crippen molar-refractivity contribution in [3.05, 3.63) is 34.6 Å². The third kappa shape index (κ3) is 2.42. The zero-order valence-corrected chi connectivity index (χ0v) is 9.20. The first kappa shape index (κ1) is 11.5. The van der Waals surface area contributed by atoms with Gasteiger partial charge in [-0.3, -0.25) is 4.79 Å². The van der Waals surface area contributed by atoms with Crippen molar-refractivity contribution in [2.75, 3.05) is 20.3 Å². The molecule has 0 saturated heterocycles. The number of halogens is 1. The lowest BCUT2D eigenvalue weighted by Crippen LogP contribution is -2.11. The van der Waals surface area contributed by atoms with Crippen molar-refractivity contribution in [3.8, 4) is 5.75 Å². The molecular formula is C11H11FN2O3. The number of nitrogens with one attached hydrogen (secondary N) is 1. The lowest BCUT2D eigenvalue weighted by molar-refractivity contribution is 0.147. The molecule has 0 saturated carbocycles. The molecule has 0 amide bonds. The molecule has 0 aliphatic rings. The minimum absolute atomic E-state index is 0.173. The van der Waals surface area contributed by atoms with Gasteiger partial charge in [0.15, 0.2) is 0 Å². The molecule has 1 N–H and O–H groups in total. The van der Waals surface area contributed by atoms with E-state index in [-0.39, 0.29) is 28.8 Å². The van der Waals surface area contributed by atoms with Crippen LogP contribution in [-0.2, 0) is 4.74 Å². The van der Waals surface area contributed by atoms with Crippen molar-refractivity contribution in [2.24, 2.45) is 0 Å². The van der Waals surface area contributed by atoms with Gasteiger partial charge >= 0.3 is 0 Å². The lowest BCUT2D eigenvalue weighted by Gasteiger charge is -2.07. The first-order valence-corrected chi connectivity index (χ1v) is 5.01. The summed E-state index contributed by atoms with van der Waals surface area (Å²) in [5, 5.41) is 0.241. The van der Waals surface area contributed by atoms with Crippen molar-refractivity contribution < 1.29 is 13.9 Å². The zero-order chi connectivity index (χ0) is 12.3. The molecule has 0 fully saturated rings. The first-order valence-electron chi connectivity index (χ1n) is 5.01. The van der Waals surface area contributed by atoms with Gasteiger partial charge in [-0.15, -0.1) is 0 Å². The Morgan fingerprint density at radius 2 is 2.24 bits per heavy atom.